The van der Waals surface area contributed by atoms with E-state index in [9.17, 15) is 19.2 Å². The zero-order valence-corrected chi connectivity index (χ0v) is 11.7. The SMILES string of the molecule is CC(C)(C)C(=O)NCCC(=O)N[C@H](CC(=O)O)C(=O)O. The third-order valence-electron chi connectivity index (χ3n) is 2.33. The molecule has 0 saturated heterocycles. The van der Waals surface area contributed by atoms with Gasteiger partial charge < -0.3 is 20.8 Å². The molecular weight excluding hydrogens is 268 g/mol. The van der Waals surface area contributed by atoms with Crippen molar-refractivity contribution < 1.29 is 29.4 Å². The minimum atomic E-state index is -1.47. The fraction of sp³-hybridized carbons (Fsp3) is 0.667. The highest BCUT2D eigenvalue weighted by Crippen LogP contribution is 2.12. The first-order chi connectivity index (χ1) is 9.04. The number of carboxylic acids is 2. The molecule has 0 spiro atoms. The average molecular weight is 288 g/mol. The Bertz CT molecular complexity index is 399. The number of hydrogen-bond donors (Lipinski definition) is 4. The maximum Gasteiger partial charge on any atom is 0.326 e. The van der Waals surface area contributed by atoms with Crippen molar-refractivity contribution >= 4 is 23.8 Å². The van der Waals surface area contributed by atoms with Gasteiger partial charge in [-0.3, -0.25) is 14.4 Å². The Hall–Kier alpha value is -2.12. The zero-order valence-electron chi connectivity index (χ0n) is 11.7. The van der Waals surface area contributed by atoms with Gasteiger partial charge in [0.25, 0.3) is 0 Å². The molecule has 8 nitrogen and oxygen atoms in total. The number of hydrogen-bond acceptors (Lipinski definition) is 4. The Kier molecular flexibility index (Phi) is 6.67. The lowest BCUT2D eigenvalue weighted by molar-refractivity contribution is -0.147. The van der Waals surface area contributed by atoms with Crippen LogP contribution in [0.15, 0.2) is 0 Å². The lowest BCUT2D eigenvalue weighted by Gasteiger charge is -2.18. The van der Waals surface area contributed by atoms with Crippen LogP contribution in [0.1, 0.15) is 33.6 Å². The van der Waals surface area contributed by atoms with E-state index in [2.05, 4.69) is 10.6 Å². The van der Waals surface area contributed by atoms with Crippen molar-refractivity contribution in [2.45, 2.75) is 39.7 Å². The lowest BCUT2D eigenvalue weighted by Crippen LogP contribution is -2.43. The molecule has 0 rings (SSSR count). The van der Waals surface area contributed by atoms with Gasteiger partial charge >= 0.3 is 11.9 Å². The van der Waals surface area contributed by atoms with Crippen molar-refractivity contribution in [1.82, 2.24) is 10.6 Å². The van der Waals surface area contributed by atoms with Crippen LogP contribution in [0.4, 0.5) is 0 Å². The smallest absolute Gasteiger partial charge is 0.326 e. The van der Waals surface area contributed by atoms with Crippen LogP contribution >= 0.6 is 0 Å². The third-order valence-corrected chi connectivity index (χ3v) is 2.33. The Labute approximate surface area is 116 Å². The summed E-state index contributed by atoms with van der Waals surface area (Å²) in [7, 11) is 0. The summed E-state index contributed by atoms with van der Waals surface area (Å²) >= 11 is 0. The van der Waals surface area contributed by atoms with E-state index in [1.807, 2.05) is 0 Å². The van der Waals surface area contributed by atoms with Gasteiger partial charge in [-0.15, -0.1) is 0 Å². The van der Waals surface area contributed by atoms with E-state index in [4.69, 9.17) is 10.2 Å². The van der Waals surface area contributed by atoms with E-state index in [1.165, 1.54) is 0 Å². The van der Waals surface area contributed by atoms with Gasteiger partial charge in [-0.1, -0.05) is 20.8 Å². The van der Waals surface area contributed by atoms with Crippen molar-refractivity contribution in [1.29, 1.82) is 0 Å². The predicted molar refractivity (Wildman–Crippen MR) is 68.9 cm³/mol. The summed E-state index contributed by atoms with van der Waals surface area (Å²) in [6, 6.07) is -1.47. The maximum absolute atomic E-state index is 11.5. The van der Waals surface area contributed by atoms with Crippen molar-refractivity contribution in [2.24, 2.45) is 5.41 Å². The van der Waals surface area contributed by atoms with Crippen LogP contribution in [-0.2, 0) is 19.2 Å². The molecule has 114 valence electrons. The van der Waals surface area contributed by atoms with Crippen molar-refractivity contribution in [3.63, 3.8) is 0 Å². The van der Waals surface area contributed by atoms with Gasteiger partial charge in [0.15, 0.2) is 0 Å². The predicted octanol–water partition coefficient (Wildman–Crippen LogP) is -0.417. The second-order valence-electron chi connectivity index (χ2n) is 5.31. The van der Waals surface area contributed by atoms with Crippen LogP contribution in [0.5, 0.6) is 0 Å². The summed E-state index contributed by atoms with van der Waals surface area (Å²) in [6.07, 6.45) is -0.819. The first-order valence-corrected chi connectivity index (χ1v) is 6.06. The number of rotatable bonds is 7. The standard InChI is InChI=1S/C12H20N2O6/c1-12(2,3)11(20)13-5-4-8(15)14-7(10(18)19)6-9(16)17/h7H,4-6H2,1-3H3,(H,13,20)(H,14,15)(H,16,17)(H,18,19)/t7-/m1/s1. The van der Waals surface area contributed by atoms with E-state index in [1.54, 1.807) is 20.8 Å². The fourth-order valence-electron chi connectivity index (χ4n) is 1.20. The summed E-state index contributed by atoms with van der Waals surface area (Å²) in [5.41, 5.74) is -0.580. The molecule has 0 aromatic heterocycles. The van der Waals surface area contributed by atoms with E-state index >= 15 is 0 Å². The Morgan fingerprint density at radius 2 is 1.65 bits per heavy atom. The molecule has 1 atom stereocenters. The molecule has 0 fully saturated rings. The van der Waals surface area contributed by atoms with Gasteiger partial charge in [0.2, 0.25) is 11.8 Å². The zero-order chi connectivity index (χ0) is 15.9. The van der Waals surface area contributed by atoms with Gasteiger partial charge in [-0.25, -0.2) is 4.79 Å². The monoisotopic (exact) mass is 288 g/mol. The number of aliphatic carboxylic acids is 2. The molecule has 20 heavy (non-hydrogen) atoms. The highest BCUT2D eigenvalue weighted by atomic mass is 16.4. The molecule has 4 N–H and O–H groups in total. The highest BCUT2D eigenvalue weighted by molar-refractivity contribution is 5.87. The van der Waals surface area contributed by atoms with Gasteiger partial charge in [0, 0.05) is 18.4 Å². The molecule has 0 radical (unpaired) electrons. The number of carboxylic acid groups (broad SMARTS) is 2. The minimum absolute atomic E-state index is 0.0569. The van der Waals surface area contributed by atoms with Crippen LogP contribution in [-0.4, -0.2) is 46.6 Å². The minimum Gasteiger partial charge on any atom is -0.481 e. The lowest BCUT2D eigenvalue weighted by atomic mass is 9.96. The van der Waals surface area contributed by atoms with E-state index in [0.717, 1.165) is 0 Å². The molecule has 2 amide bonds. The number of nitrogens with one attached hydrogen (secondary N) is 2. The summed E-state index contributed by atoms with van der Waals surface area (Å²) < 4.78 is 0. The first kappa shape index (κ1) is 17.9. The van der Waals surface area contributed by atoms with Gasteiger partial charge in [-0.2, -0.15) is 0 Å². The Morgan fingerprint density at radius 1 is 1.10 bits per heavy atom. The molecule has 0 aromatic carbocycles. The summed E-state index contributed by atoms with van der Waals surface area (Å²) in [4.78, 5) is 44.1. The van der Waals surface area contributed by atoms with Crippen molar-refractivity contribution in [2.75, 3.05) is 6.54 Å². The summed E-state index contributed by atoms with van der Waals surface area (Å²) in [5, 5.41) is 21.9. The third kappa shape index (κ3) is 7.34. The fourth-order valence-corrected chi connectivity index (χ4v) is 1.20. The van der Waals surface area contributed by atoms with Crippen LogP contribution < -0.4 is 10.6 Å². The molecule has 0 aliphatic heterocycles. The van der Waals surface area contributed by atoms with Gasteiger partial charge in [-0.05, 0) is 0 Å². The molecule has 0 unspecified atom stereocenters. The average Bonchev–Trinajstić information content (AvgIpc) is 2.25. The normalized spacial score (nSPS) is 12.3. The second kappa shape index (κ2) is 7.46. The first-order valence-electron chi connectivity index (χ1n) is 6.06. The van der Waals surface area contributed by atoms with Crippen LogP contribution in [0.2, 0.25) is 0 Å². The number of carbonyl (C=O) groups excluding carboxylic acids is 2. The molecule has 0 heterocycles. The molecular formula is C12H20N2O6. The molecule has 0 aliphatic rings. The number of amides is 2. The molecule has 0 bridgehead atoms. The van der Waals surface area contributed by atoms with Crippen LogP contribution in [0, 0.1) is 5.41 Å². The van der Waals surface area contributed by atoms with Crippen LogP contribution in [0.3, 0.4) is 0 Å². The summed E-state index contributed by atoms with van der Waals surface area (Å²) in [5.74, 6) is -3.60. The molecule has 0 aliphatic carbocycles. The molecule has 0 saturated carbocycles. The second-order valence-corrected chi connectivity index (χ2v) is 5.31. The molecule has 8 heteroatoms. The number of carbonyl (C=O) groups is 4. The van der Waals surface area contributed by atoms with Crippen molar-refractivity contribution in [3.05, 3.63) is 0 Å². The van der Waals surface area contributed by atoms with E-state index in [0.29, 0.717) is 0 Å². The Balaban J connectivity index is 4.19. The Morgan fingerprint density at radius 3 is 2.05 bits per heavy atom. The highest BCUT2D eigenvalue weighted by Gasteiger charge is 2.23. The topological polar surface area (TPSA) is 133 Å². The van der Waals surface area contributed by atoms with Crippen LogP contribution in [0.25, 0.3) is 0 Å². The quantitative estimate of drug-likeness (QED) is 0.503. The van der Waals surface area contributed by atoms with E-state index in [-0.39, 0.29) is 18.9 Å². The largest absolute Gasteiger partial charge is 0.481 e. The van der Waals surface area contributed by atoms with Gasteiger partial charge in [0.1, 0.15) is 6.04 Å². The maximum atomic E-state index is 11.5. The summed E-state index contributed by atoms with van der Waals surface area (Å²) in [6.45, 7) is 5.21. The van der Waals surface area contributed by atoms with Gasteiger partial charge in [0.05, 0.1) is 6.42 Å². The van der Waals surface area contributed by atoms with E-state index < -0.39 is 35.7 Å². The molecule has 0 aromatic rings. The van der Waals surface area contributed by atoms with Crippen molar-refractivity contribution in [3.8, 4) is 0 Å².